The Morgan fingerprint density at radius 1 is 1.03 bits per heavy atom. The maximum atomic E-state index is 12.7. The molecule has 0 unspecified atom stereocenters. The van der Waals surface area contributed by atoms with Crippen molar-refractivity contribution in [2.75, 3.05) is 28.6 Å². The molecule has 0 fully saturated rings. The summed E-state index contributed by atoms with van der Waals surface area (Å²) in [6.45, 7) is 8.75. The average molecular weight is 390 g/mol. The molecule has 3 rings (SSSR count). The van der Waals surface area contributed by atoms with Gasteiger partial charge in [0.05, 0.1) is 0 Å². The van der Waals surface area contributed by atoms with Gasteiger partial charge < -0.3 is 15.5 Å². The van der Waals surface area contributed by atoms with Gasteiger partial charge in [0.25, 0.3) is 5.91 Å². The van der Waals surface area contributed by atoms with Crippen LogP contribution in [0.2, 0.25) is 0 Å². The highest BCUT2D eigenvalue weighted by atomic mass is 16.1. The van der Waals surface area contributed by atoms with Crippen molar-refractivity contribution in [1.29, 1.82) is 0 Å². The summed E-state index contributed by atoms with van der Waals surface area (Å²) in [5.41, 5.74) is 4.39. The zero-order valence-electron chi connectivity index (χ0n) is 17.1. The summed E-state index contributed by atoms with van der Waals surface area (Å²) in [4.78, 5) is 23.5. The quantitative estimate of drug-likeness (QED) is 0.594. The molecule has 3 aromatic rings. The lowest BCUT2D eigenvalue weighted by molar-refractivity contribution is 0.102. The number of hydrogen-bond donors (Lipinski definition) is 2. The number of rotatable bonds is 8. The SMILES string of the molecule is CCN(CC)c1ccc(NC(=O)c2ccnc(NCc3ccccc3)n2)c(C)c1. The topological polar surface area (TPSA) is 70.2 Å². The summed E-state index contributed by atoms with van der Waals surface area (Å²) in [5, 5.41) is 6.11. The Bertz CT molecular complexity index is 954. The van der Waals surface area contributed by atoms with E-state index in [1.807, 2.05) is 49.4 Å². The zero-order chi connectivity index (χ0) is 20.6. The normalized spacial score (nSPS) is 10.4. The number of nitrogens with one attached hydrogen (secondary N) is 2. The number of benzene rings is 2. The molecule has 0 aliphatic heterocycles. The van der Waals surface area contributed by atoms with Crippen molar-refractivity contribution in [3.8, 4) is 0 Å². The number of nitrogens with zero attached hydrogens (tertiary/aromatic N) is 3. The first kappa shape index (κ1) is 20.3. The molecule has 1 amide bonds. The van der Waals surface area contributed by atoms with E-state index < -0.39 is 0 Å². The molecular weight excluding hydrogens is 362 g/mol. The first-order valence-electron chi connectivity index (χ1n) is 9.88. The molecule has 2 aromatic carbocycles. The highest BCUT2D eigenvalue weighted by Crippen LogP contribution is 2.23. The van der Waals surface area contributed by atoms with Crippen LogP contribution < -0.4 is 15.5 Å². The molecule has 0 saturated carbocycles. The van der Waals surface area contributed by atoms with Crippen LogP contribution in [0.15, 0.2) is 60.8 Å². The number of carbonyl (C=O) groups excluding carboxylic acids is 1. The molecule has 2 N–H and O–H groups in total. The van der Waals surface area contributed by atoms with Gasteiger partial charge >= 0.3 is 0 Å². The fourth-order valence-corrected chi connectivity index (χ4v) is 3.11. The van der Waals surface area contributed by atoms with Gasteiger partial charge in [-0.15, -0.1) is 0 Å². The largest absolute Gasteiger partial charge is 0.372 e. The van der Waals surface area contributed by atoms with E-state index in [4.69, 9.17) is 0 Å². The molecule has 1 aromatic heterocycles. The van der Waals surface area contributed by atoms with Crippen LogP contribution in [0.4, 0.5) is 17.3 Å². The van der Waals surface area contributed by atoms with Crippen molar-refractivity contribution >= 4 is 23.2 Å². The van der Waals surface area contributed by atoms with Gasteiger partial charge in [-0.25, -0.2) is 9.97 Å². The van der Waals surface area contributed by atoms with Gasteiger partial charge in [0, 0.05) is 37.2 Å². The molecule has 0 saturated heterocycles. The number of carbonyl (C=O) groups is 1. The highest BCUT2D eigenvalue weighted by Gasteiger charge is 2.12. The minimum Gasteiger partial charge on any atom is -0.372 e. The number of aromatic nitrogens is 2. The third-order valence-electron chi connectivity index (χ3n) is 4.77. The maximum Gasteiger partial charge on any atom is 0.274 e. The monoisotopic (exact) mass is 389 g/mol. The first-order valence-corrected chi connectivity index (χ1v) is 9.88. The van der Waals surface area contributed by atoms with E-state index in [2.05, 4.69) is 45.4 Å². The van der Waals surface area contributed by atoms with Crippen LogP contribution in [-0.2, 0) is 6.54 Å². The van der Waals surface area contributed by atoms with Crippen LogP contribution in [0.3, 0.4) is 0 Å². The van der Waals surface area contributed by atoms with Gasteiger partial charge in [-0.05, 0) is 56.2 Å². The van der Waals surface area contributed by atoms with E-state index in [0.29, 0.717) is 18.2 Å². The second-order valence-corrected chi connectivity index (χ2v) is 6.73. The molecule has 29 heavy (non-hydrogen) atoms. The summed E-state index contributed by atoms with van der Waals surface area (Å²) >= 11 is 0. The summed E-state index contributed by atoms with van der Waals surface area (Å²) in [7, 11) is 0. The van der Waals surface area contributed by atoms with Gasteiger partial charge in [0.15, 0.2) is 0 Å². The summed E-state index contributed by atoms with van der Waals surface area (Å²) in [5.74, 6) is 0.170. The van der Waals surface area contributed by atoms with E-state index in [1.54, 1.807) is 12.3 Å². The molecule has 150 valence electrons. The van der Waals surface area contributed by atoms with Crippen molar-refractivity contribution in [3.63, 3.8) is 0 Å². The second kappa shape index (κ2) is 9.68. The van der Waals surface area contributed by atoms with Gasteiger partial charge in [0.2, 0.25) is 5.95 Å². The lowest BCUT2D eigenvalue weighted by atomic mass is 10.1. The van der Waals surface area contributed by atoms with Crippen molar-refractivity contribution in [2.45, 2.75) is 27.3 Å². The molecule has 0 bridgehead atoms. The predicted molar refractivity (Wildman–Crippen MR) is 118 cm³/mol. The van der Waals surface area contributed by atoms with Crippen molar-refractivity contribution in [3.05, 3.63) is 77.6 Å². The molecular formula is C23H27N5O. The minimum absolute atomic E-state index is 0.256. The molecule has 1 heterocycles. The molecule has 0 aliphatic rings. The Kier molecular flexibility index (Phi) is 6.79. The van der Waals surface area contributed by atoms with E-state index in [0.717, 1.165) is 35.6 Å². The maximum absolute atomic E-state index is 12.7. The van der Waals surface area contributed by atoms with Crippen LogP contribution >= 0.6 is 0 Å². The van der Waals surface area contributed by atoms with Crippen LogP contribution in [0.5, 0.6) is 0 Å². The number of aryl methyl sites for hydroxylation is 1. The van der Waals surface area contributed by atoms with Gasteiger partial charge in [0.1, 0.15) is 5.69 Å². The van der Waals surface area contributed by atoms with Gasteiger partial charge in [-0.3, -0.25) is 4.79 Å². The lowest BCUT2D eigenvalue weighted by Gasteiger charge is -2.22. The Hall–Kier alpha value is -3.41. The molecule has 0 aliphatic carbocycles. The molecule has 6 nitrogen and oxygen atoms in total. The van der Waals surface area contributed by atoms with Crippen LogP contribution in [0, 0.1) is 6.92 Å². The van der Waals surface area contributed by atoms with E-state index in [-0.39, 0.29) is 5.91 Å². The Balaban J connectivity index is 1.68. The van der Waals surface area contributed by atoms with Crippen LogP contribution in [0.25, 0.3) is 0 Å². The van der Waals surface area contributed by atoms with Crippen LogP contribution in [0.1, 0.15) is 35.5 Å². The molecule has 0 radical (unpaired) electrons. The Morgan fingerprint density at radius 3 is 2.48 bits per heavy atom. The van der Waals surface area contributed by atoms with Gasteiger partial charge in [-0.1, -0.05) is 30.3 Å². The molecule has 0 spiro atoms. The lowest BCUT2D eigenvalue weighted by Crippen LogP contribution is -2.22. The third-order valence-corrected chi connectivity index (χ3v) is 4.77. The fourth-order valence-electron chi connectivity index (χ4n) is 3.11. The predicted octanol–water partition coefficient (Wildman–Crippen LogP) is 4.50. The summed E-state index contributed by atoms with van der Waals surface area (Å²) in [6.07, 6.45) is 1.59. The Morgan fingerprint density at radius 2 is 1.79 bits per heavy atom. The Labute approximate surface area is 172 Å². The van der Waals surface area contributed by atoms with E-state index >= 15 is 0 Å². The number of amides is 1. The number of anilines is 3. The standard InChI is InChI=1S/C23H27N5O/c1-4-28(5-2)19-11-12-20(17(3)15-19)26-22(29)21-13-14-24-23(27-21)25-16-18-9-7-6-8-10-18/h6-15H,4-5,16H2,1-3H3,(H,26,29)(H,24,25,27). The van der Waals surface area contributed by atoms with Crippen LogP contribution in [-0.4, -0.2) is 29.0 Å². The second-order valence-electron chi connectivity index (χ2n) is 6.73. The van der Waals surface area contributed by atoms with Crippen molar-refractivity contribution in [2.24, 2.45) is 0 Å². The first-order chi connectivity index (χ1) is 14.1. The minimum atomic E-state index is -0.256. The molecule has 6 heteroatoms. The van der Waals surface area contributed by atoms with Crippen molar-refractivity contribution in [1.82, 2.24) is 9.97 Å². The summed E-state index contributed by atoms with van der Waals surface area (Å²) in [6, 6.07) is 17.7. The van der Waals surface area contributed by atoms with E-state index in [1.165, 1.54) is 0 Å². The van der Waals surface area contributed by atoms with Crippen molar-refractivity contribution < 1.29 is 4.79 Å². The van der Waals surface area contributed by atoms with E-state index in [9.17, 15) is 4.79 Å². The smallest absolute Gasteiger partial charge is 0.274 e. The molecule has 0 atom stereocenters. The highest BCUT2D eigenvalue weighted by molar-refractivity contribution is 6.03. The third kappa shape index (κ3) is 5.31. The average Bonchev–Trinajstić information content (AvgIpc) is 2.76. The van der Waals surface area contributed by atoms with Gasteiger partial charge in [-0.2, -0.15) is 0 Å². The number of hydrogen-bond acceptors (Lipinski definition) is 5. The summed E-state index contributed by atoms with van der Waals surface area (Å²) < 4.78 is 0. The zero-order valence-corrected chi connectivity index (χ0v) is 17.1. The fraction of sp³-hybridized carbons (Fsp3) is 0.261.